The van der Waals surface area contributed by atoms with Crippen LogP contribution in [0.15, 0.2) is 18.2 Å². The standard InChI is InChI=1S/C12H17N/c1-9(8-13)11-6-5-10-3-2-4-12(10)7-11/h5-7,9H,2-4,8,13H2,1H3/t9-/m1/s1. The van der Waals surface area contributed by atoms with Crippen molar-refractivity contribution in [2.75, 3.05) is 6.54 Å². The van der Waals surface area contributed by atoms with E-state index in [4.69, 9.17) is 5.73 Å². The summed E-state index contributed by atoms with van der Waals surface area (Å²) in [5.41, 5.74) is 10.2. The fourth-order valence-electron chi connectivity index (χ4n) is 2.03. The van der Waals surface area contributed by atoms with Crippen LogP contribution in [0.5, 0.6) is 0 Å². The molecule has 1 heteroatoms. The summed E-state index contributed by atoms with van der Waals surface area (Å²) in [6, 6.07) is 6.87. The number of rotatable bonds is 2. The summed E-state index contributed by atoms with van der Waals surface area (Å²) < 4.78 is 0. The molecule has 1 atom stereocenters. The van der Waals surface area contributed by atoms with Crippen LogP contribution in [0.1, 0.15) is 36.0 Å². The smallest absolute Gasteiger partial charge is 0.00109 e. The zero-order chi connectivity index (χ0) is 9.26. The first-order chi connectivity index (χ1) is 6.31. The minimum absolute atomic E-state index is 0.505. The fourth-order valence-corrected chi connectivity index (χ4v) is 2.03. The second-order valence-corrected chi connectivity index (χ2v) is 4.02. The van der Waals surface area contributed by atoms with Gasteiger partial charge in [0, 0.05) is 0 Å². The number of fused-ring (bicyclic) bond motifs is 1. The normalized spacial score (nSPS) is 17.1. The molecule has 0 saturated carbocycles. The van der Waals surface area contributed by atoms with Gasteiger partial charge in [-0.25, -0.2) is 0 Å². The number of hydrogen-bond donors (Lipinski definition) is 1. The van der Waals surface area contributed by atoms with Gasteiger partial charge in [-0.1, -0.05) is 25.1 Å². The van der Waals surface area contributed by atoms with E-state index in [0.717, 1.165) is 6.54 Å². The zero-order valence-corrected chi connectivity index (χ0v) is 8.22. The van der Waals surface area contributed by atoms with Crippen molar-refractivity contribution in [3.8, 4) is 0 Å². The Labute approximate surface area is 80.0 Å². The molecule has 0 aliphatic heterocycles. The van der Waals surface area contributed by atoms with Crippen molar-refractivity contribution in [3.63, 3.8) is 0 Å². The Morgan fingerprint density at radius 2 is 2.08 bits per heavy atom. The highest BCUT2D eigenvalue weighted by Gasteiger charge is 2.12. The molecule has 2 N–H and O–H groups in total. The fraction of sp³-hybridized carbons (Fsp3) is 0.500. The second kappa shape index (κ2) is 3.51. The van der Waals surface area contributed by atoms with E-state index in [9.17, 15) is 0 Å². The number of benzene rings is 1. The first-order valence-electron chi connectivity index (χ1n) is 5.13. The SMILES string of the molecule is C[C@H](CN)c1ccc2c(c1)CCC2. The minimum atomic E-state index is 0.505. The van der Waals surface area contributed by atoms with E-state index in [1.165, 1.54) is 24.8 Å². The molecular weight excluding hydrogens is 158 g/mol. The number of hydrogen-bond acceptors (Lipinski definition) is 1. The van der Waals surface area contributed by atoms with Crippen LogP contribution in [0, 0.1) is 0 Å². The van der Waals surface area contributed by atoms with Crippen LogP contribution >= 0.6 is 0 Å². The van der Waals surface area contributed by atoms with Crippen LogP contribution < -0.4 is 5.73 Å². The summed E-state index contributed by atoms with van der Waals surface area (Å²) in [4.78, 5) is 0. The molecule has 0 heterocycles. The lowest BCUT2D eigenvalue weighted by molar-refractivity contribution is 0.772. The van der Waals surface area contributed by atoms with Gasteiger partial charge in [0.2, 0.25) is 0 Å². The summed E-state index contributed by atoms with van der Waals surface area (Å²) in [7, 11) is 0. The Balaban J connectivity index is 2.30. The van der Waals surface area contributed by atoms with E-state index >= 15 is 0 Å². The molecule has 0 radical (unpaired) electrons. The lowest BCUT2D eigenvalue weighted by Gasteiger charge is -2.10. The first kappa shape index (κ1) is 8.76. The number of aryl methyl sites for hydroxylation is 2. The van der Waals surface area contributed by atoms with E-state index in [2.05, 4.69) is 25.1 Å². The van der Waals surface area contributed by atoms with Crippen molar-refractivity contribution < 1.29 is 0 Å². The van der Waals surface area contributed by atoms with Crippen molar-refractivity contribution in [1.82, 2.24) is 0 Å². The van der Waals surface area contributed by atoms with E-state index in [1.54, 1.807) is 11.1 Å². The van der Waals surface area contributed by atoms with Crippen molar-refractivity contribution in [2.24, 2.45) is 5.73 Å². The molecule has 0 aromatic heterocycles. The quantitative estimate of drug-likeness (QED) is 0.733. The van der Waals surface area contributed by atoms with Gasteiger partial charge in [-0.05, 0) is 48.4 Å². The minimum Gasteiger partial charge on any atom is -0.330 e. The van der Waals surface area contributed by atoms with Gasteiger partial charge in [0.25, 0.3) is 0 Å². The monoisotopic (exact) mass is 175 g/mol. The van der Waals surface area contributed by atoms with Gasteiger partial charge in [-0.15, -0.1) is 0 Å². The Morgan fingerprint density at radius 1 is 1.31 bits per heavy atom. The second-order valence-electron chi connectivity index (χ2n) is 4.02. The van der Waals surface area contributed by atoms with Gasteiger partial charge in [0.15, 0.2) is 0 Å². The predicted octanol–water partition coefficient (Wildman–Crippen LogP) is 2.24. The lowest BCUT2D eigenvalue weighted by Crippen LogP contribution is -2.09. The molecule has 0 fully saturated rings. The molecule has 1 aliphatic rings. The molecule has 0 unspecified atom stereocenters. The molecule has 0 saturated heterocycles. The predicted molar refractivity (Wildman–Crippen MR) is 55.9 cm³/mol. The molecule has 0 spiro atoms. The molecule has 1 aromatic rings. The highest BCUT2D eigenvalue weighted by atomic mass is 14.5. The van der Waals surface area contributed by atoms with Crippen molar-refractivity contribution >= 4 is 0 Å². The average molecular weight is 175 g/mol. The van der Waals surface area contributed by atoms with Gasteiger partial charge < -0.3 is 5.73 Å². The van der Waals surface area contributed by atoms with Crippen LogP contribution in [0.2, 0.25) is 0 Å². The third-order valence-corrected chi connectivity index (χ3v) is 3.05. The molecule has 13 heavy (non-hydrogen) atoms. The molecule has 2 rings (SSSR count). The number of nitrogens with two attached hydrogens (primary N) is 1. The highest BCUT2D eigenvalue weighted by molar-refractivity contribution is 5.36. The van der Waals surface area contributed by atoms with Gasteiger partial charge in [-0.3, -0.25) is 0 Å². The first-order valence-corrected chi connectivity index (χ1v) is 5.13. The Kier molecular flexibility index (Phi) is 2.36. The van der Waals surface area contributed by atoms with Crippen LogP contribution in [0.4, 0.5) is 0 Å². The van der Waals surface area contributed by atoms with Crippen LogP contribution in [0.25, 0.3) is 0 Å². The summed E-state index contributed by atoms with van der Waals surface area (Å²) in [5.74, 6) is 0.505. The van der Waals surface area contributed by atoms with E-state index < -0.39 is 0 Å². The lowest BCUT2D eigenvalue weighted by atomic mass is 9.97. The van der Waals surface area contributed by atoms with Gasteiger partial charge in [0.05, 0.1) is 0 Å². The zero-order valence-electron chi connectivity index (χ0n) is 8.22. The van der Waals surface area contributed by atoms with E-state index in [0.29, 0.717) is 5.92 Å². The molecule has 0 bridgehead atoms. The van der Waals surface area contributed by atoms with Crippen LogP contribution in [-0.4, -0.2) is 6.54 Å². The third-order valence-electron chi connectivity index (χ3n) is 3.05. The maximum Gasteiger partial charge on any atom is -0.00109 e. The van der Waals surface area contributed by atoms with Gasteiger partial charge in [-0.2, -0.15) is 0 Å². The summed E-state index contributed by atoms with van der Waals surface area (Å²) in [6.07, 6.45) is 3.86. The summed E-state index contributed by atoms with van der Waals surface area (Å²) in [6.45, 7) is 2.94. The van der Waals surface area contributed by atoms with Gasteiger partial charge in [0.1, 0.15) is 0 Å². The molecule has 1 aliphatic carbocycles. The van der Waals surface area contributed by atoms with Crippen molar-refractivity contribution in [1.29, 1.82) is 0 Å². The summed E-state index contributed by atoms with van der Waals surface area (Å²) in [5, 5.41) is 0. The Morgan fingerprint density at radius 3 is 2.85 bits per heavy atom. The van der Waals surface area contributed by atoms with Crippen LogP contribution in [0.3, 0.4) is 0 Å². The topological polar surface area (TPSA) is 26.0 Å². The molecule has 1 aromatic carbocycles. The Hall–Kier alpha value is -0.820. The molecule has 0 amide bonds. The largest absolute Gasteiger partial charge is 0.330 e. The van der Waals surface area contributed by atoms with Crippen molar-refractivity contribution in [2.45, 2.75) is 32.1 Å². The van der Waals surface area contributed by atoms with Crippen molar-refractivity contribution in [3.05, 3.63) is 34.9 Å². The van der Waals surface area contributed by atoms with Gasteiger partial charge >= 0.3 is 0 Å². The average Bonchev–Trinajstić information content (AvgIpc) is 2.63. The molecule has 70 valence electrons. The molecule has 1 nitrogen and oxygen atoms in total. The Bertz CT molecular complexity index is 304. The van der Waals surface area contributed by atoms with E-state index in [-0.39, 0.29) is 0 Å². The third kappa shape index (κ3) is 1.61. The summed E-state index contributed by atoms with van der Waals surface area (Å²) >= 11 is 0. The highest BCUT2D eigenvalue weighted by Crippen LogP contribution is 2.25. The maximum atomic E-state index is 5.65. The maximum absolute atomic E-state index is 5.65. The van der Waals surface area contributed by atoms with E-state index in [1.807, 2.05) is 0 Å². The molecular formula is C12H17N. The van der Waals surface area contributed by atoms with Crippen LogP contribution in [-0.2, 0) is 12.8 Å².